The third kappa shape index (κ3) is 4.19. The first-order valence-electron chi connectivity index (χ1n) is 8.11. The second-order valence-electron chi connectivity index (χ2n) is 6.67. The van der Waals surface area contributed by atoms with E-state index in [9.17, 15) is 4.79 Å². The van der Waals surface area contributed by atoms with Crippen LogP contribution in [0.25, 0.3) is 0 Å². The molecule has 0 aromatic rings. The molecule has 1 aliphatic carbocycles. The predicted molar refractivity (Wildman–Crippen MR) is 80.7 cm³/mol. The Hall–Kier alpha value is -0.610. The van der Waals surface area contributed by atoms with Crippen LogP contribution in [0.3, 0.4) is 0 Å². The van der Waals surface area contributed by atoms with Crippen molar-refractivity contribution in [2.24, 2.45) is 5.92 Å². The molecule has 20 heavy (non-hydrogen) atoms. The summed E-state index contributed by atoms with van der Waals surface area (Å²) in [7, 11) is 3.50. The topological polar surface area (TPSA) is 32.8 Å². The fourth-order valence-corrected chi connectivity index (χ4v) is 3.70. The molecular formula is C16H30N2O2. The number of hydrogen-bond donors (Lipinski definition) is 0. The second kappa shape index (κ2) is 7.41. The second-order valence-corrected chi connectivity index (χ2v) is 6.67. The monoisotopic (exact) mass is 282 g/mol. The molecule has 0 N–H and O–H groups in total. The smallest absolute Gasteiger partial charge is 0.319 e. The van der Waals surface area contributed by atoms with Crippen molar-refractivity contribution in [3.05, 3.63) is 0 Å². The first kappa shape index (κ1) is 15.8. The number of rotatable bonds is 4. The van der Waals surface area contributed by atoms with Crippen LogP contribution in [-0.4, -0.2) is 61.6 Å². The predicted octanol–water partition coefficient (Wildman–Crippen LogP) is 2.13. The molecule has 0 aromatic carbocycles. The average Bonchev–Trinajstić information content (AvgIpc) is 2.48. The van der Waals surface area contributed by atoms with Crippen LogP contribution < -0.4 is 0 Å². The van der Waals surface area contributed by atoms with E-state index >= 15 is 0 Å². The zero-order chi connectivity index (χ0) is 14.5. The maximum atomic E-state index is 11.3. The van der Waals surface area contributed by atoms with Crippen molar-refractivity contribution < 1.29 is 9.53 Å². The molecule has 4 heteroatoms. The SMILES string of the molecule is COC(=O)CN(C)C1CCN(C2CCC(C)CC2)CC1. The Morgan fingerprint density at radius 3 is 2.30 bits per heavy atom. The van der Waals surface area contributed by atoms with Crippen LogP contribution in [0.2, 0.25) is 0 Å². The summed E-state index contributed by atoms with van der Waals surface area (Å²) in [6.07, 6.45) is 7.91. The van der Waals surface area contributed by atoms with Gasteiger partial charge in [0.1, 0.15) is 0 Å². The van der Waals surface area contributed by atoms with Crippen LogP contribution in [0.5, 0.6) is 0 Å². The average molecular weight is 282 g/mol. The van der Waals surface area contributed by atoms with Crippen LogP contribution >= 0.6 is 0 Å². The van der Waals surface area contributed by atoms with E-state index in [-0.39, 0.29) is 5.97 Å². The number of esters is 1. The lowest BCUT2D eigenvalue weighted by Crippen LogP contribution is -2.48. The molecule has 2 rings (SSSR count). The Morgan fingerprint density at radius 2 is 1.75 bits per heavy atom. The Kier molecular flexibility index (Phi) is 5.85. The van der Waals surface area contributed by atoms with E-state index in [2.05, 4.69) is 16.7 Å². The Bertz CT molecular complexity index is 306. The van der Waals surface area contributed by atoms with E-state index in [1.54, 1.807) is 0 Å². The molecular weight excluding hydrogens is 252 g/mol. The first-order chi connectivity index (χ1) is 9.60. The van der Waals surface area contributed by atoms with Crippen LogP contribution in [0.15, 0.2) is 0 Å². The lowest BCUT2D eigenvalue weighted by Gasteiger charge is -2.42. The van der Waals surface area contributed by atoms with Gasteiger partial charge in [0.15, 0.2) is 0 Å². The lowest BCUT2D eigenvalue weighted by molar-refractivity contribution is -0.142. The van der Waals surface area contributed by atoms with Gasteiger partial charge in [-0.15, -0.1) is 0 Å². The Labute approximate surface area is 123 Å². The van der Waals surface area contributed by atoms with Crippen molar-refractivity contribution in [1.82, 2.24) is 9.80 Å². The number of piperidine rings is 1. The molecule has 1 saturated carbocycles. The summed E-state index contributed by atoms with van der Waals surface area (Å²) < 4.78 is 4.75. The highest BCUT2D eigenvalue weighted by atomic mass is 16.5. The summed E-state index contributed by atoms with van der Waals surface area (Å²) in [5.74, 6) is 0.797. The molecule has 0 amide bonds. The fourth-order valence-electron chi connectivity index (χ4n) is 3.70. The molecule has 4 nitrogen and oxygen atoms in total. The van der Waals surface area contributed by atoms with Crippen molar-refractivity contribution in [3.8, 4) is 0 Å². The van der Waals surface area contributed by atoms with Gasteiger partial charge in [-0.25, -0.2) is 0 Å². The fraction of sp³-hybridized carbons (Fsp3) is 0.938. The molecule has 0 unspecified atom stereocenters. The molecule has 0 spiro atoms. The van der Waals surface area contributed by atoms with Crippen LogP contribution in [0.1, 0.15) is 45.4 Å². The normalized spacial score (nSPS) is 29.6. The highest BCUT2D eigenvalue weighted by Crippen LogP contribution is 2.29. The van der Waals surface area contributed by atoms with E-state index < -0.39 is 0 Å². The van der Waals surface area contributed by atoms with Gasteiger partial charge in [-0.1, -0.05) is 6.92 Å². The number of methoxy groups -OCH3 is 1. The standard InChI is InChI=1S/C16H30N2O2/c1-13-4-6-15(7-5-13)18-10-8-14(9-11-18)17(2)12-16(19)20-3/h13-15H,4-12H2,1-3H3. The third-order valence-electron chi connectivity index (χ3n) is 5.23. The number of hydrogen-bond acceptors (Lipinski definition) is 4. The van der Waals surface area contributed by atoms with Crippen LogP contribution in [0, 0.1) is 5.92 Å². The highest BCUT2D eigenvalue weighted by molar-refractivity contribution is 5.71. The van der Waals surface area contributed by atoms with Gasteiger partial charge in [0.05, 0.1) is 13.7 Å². The quantitative estimate of drug-likeness (QED) is 0.740. The maximum Gasteiger partial charge on any atom is 0.319 e. The molecule has 2 fully saturated rings. The summed E-state index contributed by atoms with van der Waals surface area (Å²) in [6, 6.07) is 1.35. The molecule has 1 saturated heterocycles. The van der Waals surface area contributed by atoms with Gasteiger partial charge < -0.3 is 9.64 Å². The van der Waals surface area contributed by atoms with E-state index in [0.29, 0.717) is 12.6 Å². The van der Waals surface area contributed by atoms with E-state index in [1.165, 1.54) is 58.7 Å². The van der Waals surface area contributed by atoms with Crippen LogP contribution in [-0.2, 0) is 9.53 Å². The van der Waals surface area contributed by atoms with Gasteiger partial charge in [0.25, 0.3) is 0 Å². The zero-order valence-electron chi connectivity index (χ0n) is 13.3. The number of likely N-dealkylation sites (tertiary alicyclic amines) is 1. The van der Waals surface area contributed by atoms with E-state index in [1.807, 2.05) is 7.05 Å². The summed E-state index contributed by atoms with van der Waals surface area (Å²) in [5.41, 5.74) is 0. The molecule has 1 aliphatic heterocycles. The van der Waals surface area contributed by atoms with Crippen molar-refractivity contribution in [2.45, 2.75) is 57.5 Å². The van der Waals surface area contributed by atoms with E-state index in [4.69, 9.17) is 4.74 Å². The number of carbonyl (C=O) groups is 1. The summed E-state index contributed by atoms with van der Waals surface area (Å²) in [5, 5.41) is 0. The number of carbonyl (C=O) groups excluding carboxylic acids is 1. The number of likely N-dealkylation sites (N-methyl/N-ethyl adjacent to an activating group) is 1. The van der Waals surface area contributed by atoms with Gasteiger partial charge in [0.2, 0.25) is 0 Å². The first-order valence-corrected chi connectivity index (χ1v) is 8.11. The van der Waals surface area contributed by atoms with Gasteiger partial charge >= 0.3 is 5.97 Å². The van der Waals surface area contributed by atoms with Crippen molar-refractivity contribution in [1.29, 1.82) is 0 Å². The molecule has 0 aromatic heterocycles. The zero-order valence-corrected chi connectivity index (χ0v) is 13.3. The van der Waals surface area contributed by atoms with Crippen molar-refractivity contribution in [3.63, 3.8) is 0 Å². The third-order valence-corrected chi connectivity index (χ3v) is 5.23. The molecule has 0 bridgehead atoms. The molecule has 1 heterocycles. The van der Waals surface area contributed by atoms with Gasteiger partial charge in [-0.3, -0.25) is 9.69 Å². The van der Waals surface area contributed by atoms with E-state index in [0.717, 1.165) is 12.0 Å². The van der Waals surface area contributed by atoms with Gasteiger partial charge in [0, 0.05) is 12.1 Å². The van der Waals surface area contributed by atoms with Gasteiger partial charge in [-0.2, -0.15) is 0 Å². The summed E-state index contributed by atoms with van der Waals surface area (Å²) in [6.45, 7) is 5.18. The number of nitrogens with zero attached hydrogens (tertiary/aromatic N) is 2. The van der Waals surface area contributed by atoms with Crippen molar-refractivity contribution in [2.75, 3.05) is 33.8 Å². The summed E-state index contributed by atoms with van der Waals surface area (Å²) >= 11 is 0. The molecule has 0 atom stereocenters. The van der Waals surface area contributed by atoms with Crippen LogP contribution in [0.4, 0.5) is 0 Å². The van der Waals surface area contributed by atoms with Gasteiger partial charge in [-0.05, 0) is 64.6 Å². The minimum atomic E-state index is -0.129. The number of ether oxygens (including phenoxy) is 1. The Morgan fingerprint density at radius 1 is 1.15 bits per heavy atom. The largest absolute Gasteiger partial charge is 0.468 e. The highest BCUT2D eigenvalue weighted by Gasteiger charge is 2.29. The Balaban J connectivity index is 1.73. The van der Waals surface area contributed by atoms with Crippen molar-refractivity contribution >= 4 is 5.97 Å². The summed E-state index contributed by atoms with van der Waals surface area (Å²) in [4.78, 5) is 16.2. The minimum absolute atomic E-state index is 0.129. The minimum Gasteiger partial charge on any atom is -0.468 e. The lowest BCUT2D eigenvalue weighted by atomic mass is 9.85. The maximum absolute atomic E-state index is 11.3. The molecule has 116 valence electrons. The molecule has 0 radical (unpaired) electrons. The molecule has 2 aliphatic rings.